The van der Waals surface area contributed by atoms with E-state index in [0.717, 1.165) is 13.0 Å². The molecule has 116 valence electrons. The zero-order valence-electron chi connectivity index (χ0n) is 12.1. The first-order chi connectivity index (χ1) is 10.5. The van der Waals surface area contributed by atoms with E-state index in [9.17, 15) is 4.79 Å². The summed E-state index contributed by atoms with van der Waals surface area (Å²) in [5, 5.41) is 6.00. The summed E-state index contributed by atoms with van der Waals surface area (Å²) in [5.74, 6) is -0.0744. The minimum absolute atomic E-state index is 0.0744. The van der Waals surface area contributed by atoms with Gasteiger partial charge in [-0.2, -0.15) is 0 Å². The van der Waals surface area contributed by atoms with Gasteiger partial charge in [0.2, 0.25) is 5.91 Å². The Hall–Kier alpha value is -1.07. The first kappa shape index (κ1) is 15.8. The summed E-state index contributed by atoms with van der Waals surface area (Å²) >= 11 is 13.8. The standard InChI is InChI=1S/C16H16Cl2N2OS/c1-10-12-5-7-22-15(12)4-6-20(10)9-16(21)19-14-8-11(17)2-3-13(14)18/h2-3,5,7-8,10H,4,6,9H2,1H3,(H,19,21)/t10-/m0/s1. The minimum Gasteiger partial charge on any atom is -0.324 e. The van der Waals surface area contributed by atoms with Gasteiger partial charge in [0.05, 0.1) is 17.3 Å². The summed E-state index contributed by atoms with van der Waals surface area (Å²) in [6, 6.07) is 7.46. The summed E-state index contributed by atoms with van der Waals surface area (Å²) < 4.78 is 0. The molecule has 1 N–H and O–H groups in total. The number of amides is 1. The van der Waals surface area contributed by atoms with Gasteiger partial charge in [0.1, 0.15) is 0 Å². The highest BCUT2D eigenvalue weighted by Gasteiger charge is 2.26. The van der Waals surface area contributed by atoms with Gasteiger partial charge in [-0.3, -0.25) is 9.69 Å². The maximum atomic E-state index is 12.3. The predicted molar refractivity (Wildman–Crippen MR) is 93.1 cm³/mol. The monoisotopic (exact) mass is 354 g/mol. The Bertz CT molecular complexity index is 701. The molecule has 1 aromatic carbocycles. The lowest BCUT2D eigenvalue weighted by Crippen LogP contribution is -2.39. The molecule has 2 heterocycles. The molecule has 3 rings (SSSR count). The molecule has 0 radical (unpaired) electrons. The van der Waals surface area contributed by atoms with Gasteiger partial charge in [0.25, 0.3) is 0 Å². The normalized spacial score (nSPS) is 18.0. The molecule has 6 heteroatoms. The molecule has 22 heavy (non-hydrogen) atoms. The zero-order chi connectivity index (χ0) is 15.7. The number of halogens is 2. The van der Waals surface area contributed by atoms with Crippen molar-refractivity contribution in [1.29, 1.82) is 0 Å². The molecule has 1 atom stereocenters. The summed E-state index contributed by atoms with van der Waals surface area (Å²) in [6.45, 7) is 3.38. The Morgan fingerprint density at radius 3 is 3.05 bits per heavy atom. The first-order valence-electron chi connectivity index (χ1n) is 7.10. The molecule has 0 aliphatic carbocycles. The van der Waals surface area contributed by atoms with E-state index in [1.807, 2.05) is 0 Å². The van der Waals surface area contributed by atoms with Crippen LogP contribution in [0, 0.1) is 0 Å². The van der Waals surface area contributed by atoms with Gasteiger partial charge >= 0.3 is 0 Å². The molecule has 0 fully saturated rings. The van der Waals surface area contributed by atoms with Crippen LogP contribution in [0.15, 0.2) is 29.6 Å². The molecule has 2 aromatic rings. The quantitative estimate of drug-likeness (QED) is 0.872. The third-order valence-electron chi connectivity index (χ3n) is 3.95. The molecular weight excluding hydrogens is 339 g/mol. The average Bonchev–Trinajstić information content (AvgIpc) is 2.95. The second-order valence-electron chi connectivity index (χ2n) is 5.37. The van der Waals surface area contributed by atoms with Gasteiger partial charge in [-0.1, -0.05) is 23.2 Å². The Kier molecular flexibility index (Phi) is 4.73. The molecule has 1 aromatic heterocycles. The largest absolute Gasteiger partial charge is 0.324 e. The van der Waals surface area contributed by atoms with Crippen LogP contribution < -0.4 is 5.32 Å². The van der Waals surface area contributed by atoms with Crippen LogP contribution in [-0.2, 0) is 11.2 Å². The molecule has 0 saturated heterocycles. The summed E-state index contributed by atoms with van der Waals surface area (Å²) in [4.78, 5) is 15.9. The van der Waals surface area contributed by atoms with Crippen LogP contribution >= 0.6 is 34.5 Å². The number of benzene rings is 1. The second kappa shape index (κ2) is 6.59. The number of hydrogen-bond donors (Lipinski definition) is 1. The van der Waals surface area contributed by atoms with E-state index in [4.69, 9.17) is 23.2 Å². The summed E-state index contributed by atoms with van der Waals surface area (Å²) in [6.07, 6.45) is 1.00. The Balaban J connectivity index is 1.66. The van der Waals surface area contributed by atoms with E-state index < -0.39 is 0 Å². The topological polar surface area (TPSA) is 32.3 Å². The molecule has 0 unspecified atom stereocenters. The highest BCUT2D eigenvalue weighted by molar-refractivity contribution is 7.10. The number of thiophene rings is 1. The predicted octanol–water partition coefficient (Wildman–Crippen LogP) is 4.61. The lowest BCUT2D eigenvalue weighted by molar-refractivity contribution is -0.117. The Morgan fingerprint density at radius 2 is 2.23 bits per heavy atom. The van der Waals surface area contributed by atoms with Crippen LogP contribution in [-0.4, -0.2) is 23.9 Å². The Morgan fingerprint density at radius 1 is 1.41 bits per heavy atom. The third kappa shape index (κ3) is 3.30. The van der Waals surface area contributed by atoms with Gasteiger partial charge in [-0.05, 0) is 48.6 Å². The molecule has 0 spiro atoms. The lowest BCUT2D eigenvalue weighted by atomic mass is 10.0. The van der Waals surface area contributed by atoms with Crippen LogP contribution in [0.5, 0.6) is 0 Å². The van der Waals surface area contributed by atoms with Crippen molar-refractivity contribution in [2.75, 3.05) is 18.4 Å². The van der Waals surface area contributed by atoms with E-state index in [1.165, 1.54) is 10.4 Å². The van der Waals surface area contributed by atoms with Crippen molar-refractivity contribution in [3.8, 4) is 0 Å². The van der Waals surface area contributed by atoms with Gasteiger partial charge in [-0.25, -0.2) is 0 Å². The number of fused-ring (bicyclic) bond motifs is 1. The van der Waals surface area contributed by atoms with Crippen molar-refractivity contribution < 1.29 is 4.79 Å². The number of hydrogen-bond acceptors (Lipinski definition) is 3. The first-order valence-corrected chi connectivity index (χ1v) is 8.73. The summed E-state index contributed by atoms with van der Waals surface area (Å²) in [7, 11) is 0. The van der Waals surface area contributed by atoms with E-state index in [-0.39, 0.29) is 11.9 Å². The molecule has 1 aliphatic rings. The number of rotatable bonds is 3. The van der Waals surface area contributed by atoms with Crippen molar-refractivity contribution in [2.24, 2.45) is 0 Å². The van der Waals surface area contributed by atoms with Crippen LogP contribution in [0.2, 0.25) is 10.0 Å². The number of anilines is 1. The number of nitrogens with one attached hydrogen (secondary N) is 1. The van der Waals surface area contributed by atoms with Crippen LogP contribution in [0.25, 0.3) is 0 Å². The van der Waals surface area contributed by atoms with Crippen molar-refractivity contribution in [3.05, 3.63) is 50.1 Å². The molecule has 1 aliphatic heterocycles. The average molecular weight is 355 g/mol. The minimum atomic E-state index is -0.0744. The SMILES string of the molecule is C[C@H]1c2ccsc2CCN1CC(=O)Nc1cc(Cl)ccc1Cl. The van der Waals surface area contributed by atoms with Crippen molar-refractivity contribution in [1.82, 2.24) is 4.90 Å². The molecule has 0 saturated carbocycles. The van der Waals surface area contributed by atoms with Gasteiger partial charge in [0.15, 0.2) is 0 Å². The fourth-order valence-corrected chi connectivity index (χ4v) is 4.04. The van der Waals surface area contributed by atoms with Gasteiger partial charge in [0, 0.05) is 22.5 Å². The Labute approximate surface area is 143 Å². The van der Waals surface area contributed by atoms with Crippen molar-refractivity contribution in [3.63, 3.8) is 0 Å². The van der Waals surface area contributed by atoms with Gasteiger partial charge in [-0.15, -0.1) is 11.3 Å². The fraction of sp³-hybridized carbons (Fsp3) is 0.312. The highest BCUT2D eigenvalue weighted by Crippen LogP contribution is 2.32. The number of carbonyl (C=O) groups is 1. The van der Waals surface area contributed by atoms with Crippen molar-refractivity contribution >= 4 is 46.1 Å². The fourth-order valence-electron chi connectivity index (χ4n) is 2.74. The molecular formula is C16H16Cl2N2OS. The smallest absolute Gasteiger partial charge is 0.238 e. The van der Waals surface area contributed by atoms with E-state index in [2.05, 4.69) is 28.6 Å². The maximum Gasteiger partial charge on any atom is 0.238 e. The highest BCUT2D eigenvalue weighted by atomic mass is 35.5. The van der Waals surface area contributed by atoms with Crippen LogP contribution in [0.1, 0.15) is 23.4 Å². The maximum absolute atomic E-state index is 12.3. The van der Waals surface area contributed by atoms with Crippen LogP contribution in [0.3, 0.4) is 0 Å². The zero-order valence-corrected chi connectivity index (χ0v) is 14.4. The van der Waals surface area contributed by atoms with Crippen LogP contribution in [0.4, 0.5) is 5.69 Å². The van der Waals surface area contributed by atoms with Crippen molar-refractivity contribution in [2.45, 2.75) is 19.4 Å². The molecule has 3 nitrogen and oxygen atoms in total. The summed E-state index contributed by atoms with van der Waals surface area (Å²) in [5.41, 5.74) is 1.89. The van der Waals surface area contributed by atoms with Gasteiger partial charge < -0.3 is 5.32 Å². The van der Waals surface area contributed by atoms with E-state index >= 15 is 0 Å². The lowest BCUT2D eigenvalue weighted by Gasteiger charge is -2.32. The molecule has 1 amide bonds. The number of carbonyl (C=O) groups excluding carboxylic acids is 1. The second-order valence-corrected chi connectivity index (χ2v) is 7.21. The van der Waals surface area contributed by atoms with E-state index in [1.54, 1.807) is 29.5 Å². The van der Waals surface area contributed by atoms with E-state index in [0.29, 0.717) is 22.3 Å². The number of nitrogens with zero attached hydrogens (tertiary/aromatic N) is 1. The third-order valence-corrected chi connectivity index (χ3v) is 5.51. The molecule has 0 bridgehead atoms.